The average molecular weight is 264 g/mol. The van der Waals surface area contributed by atoms with Gasteiger partial charge < -0.3 is 14.4 Å². The molecule has 0 saturated carbocycles. The van der Waals surface area contributed by atoms with Crippen molar-refractivity contribution in [1.82, 2.24) is 9.55 Å². The molecule has 5 heteroatoms. The fourth-order valence-electron chi connectivity index (χ4n) is 1.85. The highest BCUT2D eigenvalue weighted by molar-refractivity contribution is 5.30. The first kappa shape index (κ1) is 13.5. The molecule has 0 aliphatic carbocycles. The summed E-state index contributed by atoms with van der Waals surface area (Å²) in [6, 6.07) is 4.47. The molecule has 0 bridgehead atoms. The summed E-state index contributed by atoms with van der Waals surface area (Å²) in [5.41, 5.74) is 1.20. The Hall–Kier alpha value is -1.88. The molecule has 0 spiro atoms. The first-order valence-corrected chi connectivity index (χ1v) is 6.21. The number of aliphatic hydroxyl groups is 1. The van der Waals surface area contributed by atoms with E-state index >= 15 is 0 Å². The van der Waals surface area contributed by atoms with Crippen molar-refractivity contribution in [1.29, 1.82) is 0 Å². The van der Waals surface area contributed by atoms with E-state index in [2.05, 4.69) is 4.98 Å². The Balaban J connectivity index is 2.06. The molecule has 0 aliphatic rings. The van der Waals surface area contributed by atoms with Crippen LogP contribution < -0.4 is 4.74 Å². The number of halogens is 1. The second-order valence-electron chi connectivity index (χ2n) is 4.32. The Labute approximate surface area is 111 Å². The minimum Gasteiger partial charge on any atom is -0.487 e. The minimum atomic E-state index is -0.824. The fraction of sp³-hybridized carbons (Fsp3) is 0.357. The van der Waals surface area contributed by atoms with Crippen molar-refractivity contribution in [2.45, 2.75) is 33.1 Å². The summed E-state index contributed by atoms with van der Waals surface area (Å²) in [5, 5.41) is 9.35. The van der Waals surface area contributed by atoms with Gasteiger partial charge in [0.15, 0.2) is 0 Å². The van der Waals surface area contributed by atoms with Crippen molar-refractivity contribution in [2.24, 2.45) is 0 Å². The van der Waals surface area contributed by atoms with Gasteiger partial charge in [-0.15, -0.1) is 0 Å². The van der Waals surface area contributed by atoms with Crippen molar-refractivity contribution >= 4 is 0 Å². The van der Waals surface area contributed by atoms with E-state index in [1.54, 1.807) is 18.6 Å². The topological polar surface area (TPSA) is 47.3 Å². The van der Waals surface area contributed by atoms with Crippen molar-refractivity contribution in [3.8, 4) is 5.75 Å². The number of ether oxygens (including phenoxy) is 1. The molecule has 1 N–H and O–H groups in total. The molecule has 2 aromatic rings. The zero-order valence-electron chi connectivity index (χ0n) is 11.0. The summed E-state index contributed by atoms with van der Waals surface area (Å²) in [7, 11) is 0. The zero-order valence-corrected chi connectivity index (χ0v) is 11.0. The van der Waals surface area contributed by atoms with Gasteiger partial charge >= 0.3 is 0 Å². The van der Waals surface area contributed by atoms with Crippen molar-refractivity contribution < 1.29 is 14.2 Å². The number of nitrogens with zero attached hydrogens (tertiary/aromatic N) is 2. The van der Waals surface area contributed by atoms with E-state index < -0.39 is 11.9 Å². The average Bonchev–Trinajstić information content (AvgIpc) is 2.83. The molecule has 4 nitrogen and oxygen atoms in total. The summed E-state index contributed by atoms with van der Waals surface area (Å²) in [5.74, 6) is -0.0257. The van der Waals surface area contributed by atoms with Gasteiger partial charge in [0.1, 0.15) is 18.2 Å². The molecular formula is C14H17FN2O2. The van der Waals surface area contributed by atoms with E-state index in [9.17, 15) is 9.50 Å². The third kappa shape index (κ3) is 3.12. The highest BCUT2D eigenvalue weighted by Gasteiger charge is 2.09. The molecule has 102 valence electrons. The lowest BCUT2D eigenvalue weighted by Crippen LogP contribution is -2.04. The van der Waals surface area contributed by atoms with Gasteiger partial charge in [-0.1, -0.05) is 0 Å². The summed E-state index contributed by atoms with van der Waals surface area (Å²) >= 11 is 0. The largest absolute Gasteiger partial charge is 0.487 e. The lowest BCUT2D eigenvalue weighted by atomic mass is 10.1. The Kier molecular flexibility index (Phi) is 4.16. The maximum Gasteiger partial charge on any atom is 0.132 e. The molecule has 0 aliphatic heterocycles. The Bertz CT molecular complexity index is 552. The highest BCUT2D eigenvalue weighted by atomic mass is 19.1. The van der Waals surface area contributed by atoms with E-state index in [0.717, 1.165) is 12.2 Å². The van der Waals surface area contributed by atoms with E-state index in [0.29, 0.717) is 12.4 Å². The Morgan fingerprint density at radius 1 is 1.47 bits per heavy atom. The number of aliphatic hydroxyl groups excluding tert-OH is 1. The number of hydrogen-bond acceptors (Lipinski definition) is 3. The van der Waals surface area contributed by atoms with Crippen LogP contribution in [0.1, 0.15) is 31.2 Å². The van der Waals surface area contributed by atoms with Crippen LogP contribution in [0.3, 0.4) is 0 Å². The quantitative estimate of drug-likeness (QED) is 0.903. The van der Waals surface area contributed by atoms with Gasteiger partial charge in [0.2, 0.25) is 0 Å². The van der Waals surface area contributed by atoms with E-state index in [4.69, 9.17) is 4.74 Å². The van der Waals surface area contributed by atoms with Crippen LogP contribution in [0.2, 0.25) is 0 Å². The number of aryl methyl sites for hydroxylation is 1. The highest BCUT2D eigenvalue weighted by Crippen LogP contribution is 2.22. The van der Waals surface area contributed by atoms with Gasteiger partial charge in [-0.05, 0) is 26.0 Å². The molecule has 19 heavy (non-hydrogen) atoms. The van der Waals surface area contributed by atoms with Gasteiger partial charge in [0, 0.05) is 18.2 Å². The van der Waals surface area contributed by atoms with Crippen molar-refractivity contribution in [2.75, 3.05) is 0 Å². The molecule has 0 radical (unpaired) electrons. The number of imidazole rings is 1. The molecule has 2 rings (SSSR count). The molecule has 0 amide bonds. The number of hydrogen-bond donors (Lipinski definition) is 1. The number of aromatic nitrogens is 2. The molecule has 1 aromatic carbocycles. The first-order chi connectivity index (χ1) is 9.11. The fourth-order valence-corrected chi connectivity index (χ4v) is 1.85. The third-order valence-electron chi connectivity index (χ3n) is 2.95. The van der Waals surface area contributed by atoms with Crippen LogP contribution in [0.15, 0.2) is 30.7 Å². The van der Waals surface area contributed by atoms with Gasteiger partial charge in [0.05, 0.1) is 24.3 Å². The zero-order chi connectivity index (χ0) is 13.8. The van der Waals surface area contributed by atoms with Crippen LogP contribution in [0.4, 0.5) is 4.39 Å². The van der Waals surface area contributed by atoms with Crippen LogP contribution in [0.5, 0.6) is 5.75 Å². The SMILES string of the molecule is CCn1cncc1COc1ccc([C@H](C)O)c(F)c1. The van der Waals surface area contributed by atoms with Crippen molar-refractivity contribution in [3.05, 3.63) is 47.8 Å². The molecule has 0 fully saturated rings. The first-order valence-electron chi connectivity index (χ1n) is 6.21. The predicted octanol–water partition coefficient (Wildman–Crippen LogP) is 2.67. The lowest BCUT2D eigenvalue weighted by molar-refractivity contribution is 0.193. The maximum atomic E-state index is 13.7. The second-order valence-corrected chi connectivity index (χ2v) is 4.32. The predicted molar refractivity (Wildman–Crippen MR) is 69.3 cm³/mol. The summed E-state index contributed by atoms with van der Waals surface area (Å²) < 4.78 is 21.1. The van der Waals surface area contributed by atoms with Crippen LogP contribution >= 0.6 is 0 Å². The van der Waals surface area contributed by atoms with Crippen LogP contribution in [0, 0.1) is 5.82 Å². The minimum absolute atomic E-state index is 0.269. The third-order valence-corrected chi connectivity index (χ3v) is 2.95. The second kappa shape index (κ2) is 5.84. The molecule has 1 atom stereocenters. The van der Waals surface area contributed by atoms with Gasteiger partial charge in [0.25, 0.3) is 0 Å². The molecule has 1 aromatic heterocycles. The summed E-state index contributed by atoms with van der Waals surface area (Å²) in [6.07, 6.45) is 2.63. The molecule has 0 saturated heterocycles. The molecular weight excluding hydrogens is 247 g/mol. The van der Waals surface area contributed by atoms with Gasteiger partial charge in [-0.2, -0.15) is 0 Å². The van der Waals surface area contributed by atoms with Crippen LogP contribution in [0.25, 0.3) is 0 Å². The van der Waals surface area contributed by atoms with Crippen LogP contribution in [-0.2, 0) is 13.2 Å². The monoisotopic (exact) mass is 264 g/mol. The van der Waals surface area contributed by atoms with Gasteiger partial charge in [-0.3, -0.25) is 0 Å². The van der Waals surface area contributed by atoms with Crippen LogP contribution in [-0.4, -0.2) is 14.7 Å². The Morgan fingerprint density at radius 3 is 2.89 bits per heavy atom. The Morgan fingerprint density at radius 2 is 2.26 bits per heavy atom. The van der Waals surface area contributed by atoms with Crippen molar-refractivity contribution in [3.63, 3.8) is 0 Å². The molecule has 0 unspecified atom stereocenters. The lowest BCUT2D eigenvalue weighted by Gasteiger charge is -2.10. The maximum absolute atomic E-state index is 13.7. The number of benzene rings is 1. The normalized spacial score (nSPS) is 12.4. The molecule has 1 heterocycles. The summed E-state index contributed by atoms with van der Waals surface area (Å²) in [4.78, 5) is 4.04. The summed E-state index contributed by atoms with van der Waals surface area (Å²) in [6.45, 7) is 4.69. The van der Waals surface area contributed by atoms with E-state index in [-0.39, 0.29) is 5.56 Å². The number of rotatable bonds is 5. The van der Waals surface area contributed by atoms with E-state index in [1.165, 1.54) is 19.1 Å². The van der Waals surface area contributed by atoms with Gasteiger partial charge in [-0.25, -0.2) is 9.37 Å². The smallest absolute Gasteiger partial charge is 0.132 e. The van der Waals surface area contributed by atoms with E-state index in [1.807, 2.05) is 11.5 Å². The standard InChI is InChI=1S/C14H17FN2O2/c1-3-17-9-16-7-11(17)8-19-12-4-5-13(10(2)18)14(15)6-12/h4-7,9-10,18H,3,8H2,1-2H3/t10-/m0/s1.